The molecule has 1 aliphatic carbocycles. The Morgan fingerprint density at radius 2 is 2.00 bits per heavy atom. The summed E-state index contributed by atoms with van der Waals surface area (Å²) < 4.78 is 2.42. The quantitative estimate of drug-likeness (QED) is 0.745. The smallest absolute Gasteiger partial charge is 0.223 e. The Morgan fingerprint density at radius 1 is 1.09 bits per heavy atom. The molecule has 7 nitrogen and oxygen atoms in total. The van der Waals surface area contributed by atoms with Crippen molar-refractivity contribution in [2.24, 2.45) is 0 Å². The van der Waals surface area contributed by atoms with Crippen molar-refractivity contribution in [1.82, 2.24) is 30.6 Å². The predicted molar refractivity (Wildman–Crippen MR) is 83.4 cm³/mol. The number of rotatable bonds is 3. The van der Waals surface area contributed by atoms with Crippen LogP contribution in [0.3, 0.4) is 0 Å². The van der Waals surface area contributed by atoms with Gasteiger partial charge in [-0.05, 0) is 23.4 Å². The number of benzene rings is 1. The SMILES string of the molecule is C1=[N+](C2CC2)c2ccc(-c3cc(-c4nn[nH]n4)ncn3)cc2C1. The average molecular weight is 304 g/mol. The Balaban J connectivity index is 1.52. The van der Waals surface area contributed by atoms with Gasteiger partial charge in [0.1, 0.15) is 12.0 Å². The molecule has 0 spiro atoms. The molecule has 1 saturated carbocycles. The lowest BCUT2D eigenvalue weighted by molar-refractivity contribution is -0.448. The van der Waals surface area contributed by atoms with Gasteiger partial charge < -0.3 is 0 Å². The Kier molecular flexibility index (Phi) is 2.61. The zero-order valence-electron chi connectivity index (χ0n) is 12.3. The Hall–Kier alpha value is -2.96. The summed E-state index contributed by atoms with van der Waals surface area (Å²) in [6.45, 7) is 0. The molecule has 7 heteroatoms. The summed E-state index contributed by atoms with van der Waals surface area (Å²) in [6, 6.07) is 9.14. The van der Waals surface area contributed by atoms with Crippen molar-refractivity contribution >= 4 is 11.9 Å². The van der Waals surface area contributed by atoms with E-state index >= 15 is 0 Å². The number of H-pyrrole nitrogens is 1. The van der Waals surface area contributed by atoms with Crippen molar-refractivity contribution in [2.45, 2.75) is 25.3 Å². The Morgan fingerprint density at radius 3 is 2.83 bits per heavy atom. The van der Waals surface area contributed by atoms with Gasteiger partial charge >= 0.3 is 0 Å². The van der Waals surface area contributed by atoms with Gasteiger partial charge in [-0.1, -0.05) is 0 Å². The molecule has 0 amide bonds. The summed E-state index contributed by atoms with van der Waals surface area (Å²) >= 11 is 0. The van der Waals surface area contributed by atoms with E-state index < -0.39 is 0 Å². The second-order valence-corrected chi connectivity index (χ2v) is 5.89. The van der Waals surface area contributed by atoms with E-state index in [1.807, 2.05) is 6.07 Å². The molecule has 2 aliphatic rings. The minimum atomic E-state index is 0.475. The zero-order valence-corrected chi connectivity index (χ0v) is 12.3. The third-order valence-electron chi connectivity index (χ3n) is 4.34. The van der Waals surface area contributed by atoms with Gasteiger partial charge in [-0.25, -0.2) is 9.97 Å². The van der Waals surface area contributed by atoms with Gasteiger partial charge in [0.25, 0.3) is 0 Å². The van der Waals surface area contributed by atoms with Gasteiger partial charge in [0.2, 0.25) is 11.5 Å². The highest BCUT2D eigenvalue weighted by Gasteiger charge is 2.38. The van der Waals surface area contributed by atoms with Crippen LogP contribution in [-0.2, 0) is 6.42 Å². The third kappa shape index (κ3) is 2.12. The fraction of sp³-hybridized carbons (Fsp3) is 0.250. The van der Waals surface area contributed by atoms with Crippen molar-refractivity contribution in [3.05, 3.63) is 36.2 Å². The molecule has 0 saturated heterocycles. The first kappa shape index (κ1) is 12.6. The Bertz CT molecular complexity index is 910. The van der Waals surface area contributed by atoms with Crippen LogP contribution in [0.2, 0.25) is 0 Å². The molecule has 3 aromatic rings. The maximum atomic E-state index is 4.39. The first-order chi connectivity index (χ1) is 11.4. The number of hydrogen-bond acceptors (Lipinski definition) is 5. The number of aromatic nitrogens is 6. The second-order valence-electron chi connectivity index (χ2n) is 5.89. The Labute approximate surface area is 132 Å². The largest absolute Gasteiger partial charge is 0.236 e. The monoisotopic (exact) mass is 304 g/mol. The van der Waals surface area contributed by atoms with Gasteiger partial charge in [-0.15, -0.1) is 10.2 Å². The molecule has 1 fully saturated rings. The maximum absolute atomic E-state index is 4.39. The van der Waals surface area contributed by atoms with Gasteiger partial charge in [-0.2, -0.15) is 9.79 Å². The molecule has 112 valence electrons. The third-order valence-corrected chi connectivity index (χ3v) is 4.34. The highest BCUT2D eigenvalue weighted by Crippen LogP contribution is 2.36. The summed E-state index contributed by atoms with van der Waals surface area (Å²) in [5, 5.41) is 13.9. The molecule has 1 N–H and O–H groups in total. The number of fused-ring (bicyclic) bond motifs is 1. The summed E-state index contributed by atoms with van der Waals surface area (Å²) in [7, 11) is 0. The van der Waals surface area contributed by atoms with Crippen molar-refractivity contribution in [1.29, 1.82) is 0 Å². The number of nitrogens with zero attached hydrogens (tertiary/aromatic N) is 6. The fourth-order valence-electron chi connectivity index (χ4n) is 3.06. The first-order valence-electron chi connectivity index (χ1n) is 7.69. The molecule has 0 radical (unpaired) electrons. The van der Waals surface area contributed by atoms with Crippen LogP contribution in [-0.4, -0.2) is 47.4 Å². The van der Waals surface area contributed by atoms with Crippen molar-refractivity contribution in [3.63, 3.8) is 0 Å². The number of hydrogen-bond donors (Lipinski definition) is 1. The normalized spacial score (nSPS) is 16.3. The van der Waals surface area contributed by atoms with E-state index in [9.17, 15) is 0 Å². The van der Waals surface area contributed by atoms with E-state index in [0.29, 0.717) is 17.6 Å². The fourth-order valence-corrected chi connectivity index (χ4v) is 3.06. The minimum Gasteiger partial charge on any atom is -0.236 e. The van der Waals surface area contributed by atoms with E-state index in [0.717, 1.165) is 17.7 Å². The van der Waals surface area contributed by atoms with Crippen molar-refractivity contribution in [3.8, 4) is 22.8 Å². The minimum absolute atomic E-state index is 0.475. The van der Waals surface area contributed by atoms with Gasteiger partial charge in [0.15, 0.2) is 12.3 Å². The molecule has 23 heavy (non-hydrogen) atoms. The molecule has 1 aliphatic heterocycles. The van der Waals surface area contributed by atoms with Crippen LogP contribution >= 0.6 is 0 Å². The van der Waals surface area contributed by atoms with E-state index in [4.69, 9.17) is 0 Å². The van der Waals surface area contributed by atoms with Crippen LogP contribution in [0.5, 0.6) is 0 Å². The van der Waals surface area contributed by atoms with Gasteiger partial charge in [-0.3, -0.25) is 0 Å². The standard InChI is InChI=1S/C16H14N7/c1-4-15-11(5-6-23(15)12-2-3-12)7-10(1)13-8-14(18-9-17-13)16-19-21-22-20-16/h1,4,6-9,12H,2-3,5H2,(H,19,20,21,22)/q+1. The predicted octanol–water partition coefficient (Wildman–Crippen LogP) is 1.76. The highest BCUT2D eigenvalue weighted by atomic mass is 15.5. The average Bonchev–Trinajstić information content (AvgIpc) is 3.14. The molecule has 0 unspecified atom stereocenters. The topological polar surface area (TPSA) is 83.2 Å². The van der Waals surface area contributed by atoms with E-state index in [2.05, 4.69) is 59.6 Å². The summed E-state index contributed by atoms with van der Waals surface area (Å²) in [6.07, 6.45) is 7.44. The number of tetrazole rings is 1. The van der Waals surface area contributed by atoms with Crippen LogP contribution in [0.4, 0.5) is 5.69 Å². The van der Waals surface area contributed by atoms with Crippen LogP contribution < -0.4 is 0 Å². The molecular formula is C16H14N7+. The second kappa shape index (κ2) is 4.77. The molecule has 3 heterocycles. The molecule has 2 aromatic heterocycles. The molecular weight excluding hydrogens is 290 g/mol. The van der Waals surface area contributed by atoms with E-state index in [-0.39, 0.29) is 0 Å². The highest BCUT2D eigenvalue weighted by molar-refractivity contribution is 5.73. The maximum Gasteiger partial charge on any atom is 0.223 e. The van der Waals surface area contributed by atoms with Crippen molar-refractivity contribution < 1.29 is 4.58 Å². The van der Waals surface area contributed by atoms with E-state index in [1.54, 1.807) is 0 Å². The molecule has 1 aromatic carbocycles. The van der Waals surface area contributed by atoms with Crippen LogP contribution in [0, 0.1) is 0 Å². The van der Waals surface area contributed by atoms with Crippen LogP contribution in [0.25, 0.3) is 22.8 Å². The lowest BCUT2D eigenvalue weighted by Crippen LogP contribution is -2.04. The van der Waals surface area contributed by atoms with Gasteiger partial charge in [0, 0.05) is 30.0 Å². The summed E-state index contributed by atoms with van der Waals surface area (Å²) in [5.74, 6) is 0.475. The molecule has 0 bridgehead atoms. The van der Waals surface area contributed by atoms with Crippen LogP contribution in [0.15, 0.2) is 30.6 Å². The van der Waals surface area contributed by atoms with Crippen LogP contribution in [0.1, 0.15) is 18.4 Å². The van der Waals surface area contributed by atoms with E-state index in [1.165, 1.54) is 30.4 Å². The van der Waals surface area contributed by atoms with Gasteiger partial charge in [0.05, 0.1) is 12.1 Å². The summed E-state index contributed by atoms with van der Waals surface area (Å²) in [4.78, 5) is 8.60. The number of nitrogens with one attached hydrogen (secondary N) is 1. The van der Waals surface area contributed by atoms with Crippen molar-refractivity contribution in [2.75, 3.05) is 0 Å². The molecule has 0 atom stereocenters. The zero-order chi connectivity index (χ0) is 15.2. The molecule has 5 rings (SSSR count). The summed E-state index contributed by atoms with van der Waals surface area (Å²) in [5.41, 5.74) is 5.31. The number of aromatic amines is 1. The lowest BCUT2D eigenvalue weighted by Gasteiger charge is -2.04. The lowest BCUT2D eigenvalue weighted by atomic mass is 10.0. The first-order valence-corrected chi connectivity index (χ1v) is 7.69.